The number of aromatic carboxylic acids is 1. The summed E-state index contributed by atoms with van der Waals surface area (Å²) in [5.74, 6) is 0.256. The summed E-state index contributed by atoms with van der Waals surface area (Å²) in [5, 5.41) is 12.2. The summed E-state index contributed by atoms with van der Waals surface area (Å²) < 4.78 is 4.03. The molecule has 0 spiro atoms. The average Bonchev–Trinajstić information content (AvgIpc) is 3.01. The fourth-order valence-electron chi connectivity index (χ4n) is 4.24. The van der Waals surface area contributed by atoms with Crippen LogP contribution >= 0.6 is 0 Å². The van der Waals surface area contributed by atoms with Crippen molar-refractivity contribution in [3.63, 3.8) is 0 Å². The lowest BCUT2D eigenvalue weighted by Gasteiger charge is -2.16. The molecule has 0 aliphatic rings. The van der Waals surface area contributed by atoms with Crippen molar-refractivity contribution in [1.82, 2.24) is 4.57 Å². The Labute approximate surface area is 170 Å². The lowest BCUT2D eigenvalue weighted by Crippen LogP contribution is -2.47. The first kappa shape index (κ1) is 22.4. The van der Waals surface area contributed by atoms with Crippen molar-refractivity contribution in [2.45, 2.75) is 92.2 Å². The summed E-state index contributed by atoms with van der Waals surface area (Å²) in [7, 11) is 0. The molecule has 0 aliphatic carbocycles. The number of hydrogen-bond donors (Lipinski definition) is 0. The molecule has 0 saturated heterocycles. The zero-order chi connectivity index (χ0) is 20.5. The van der Waals surface area contributed by atoms with Gasteiger partial charge in [-0.3, -0.25) is 0 Å². The lowest BCUT2D eigenvalue weighted by molar-refractivity contribution is -0.683. The maximum absolute atomic E-state index is 12.2. The third-order valence-corrected chi connectivity index (χ3v) is 6.13. The van der Waals surface area contributed by atoms with Crippen LogP contribution in [-0.4, -0.2) is 10.5 Å². The molecule has 0 bridgehead atoms. The Morgan fingerprint density at radius 2 is 1.61 bits per heavy atom. The minimum absolute atomic E-state index is 0.339. The Morgan fingerprint density at radius 3 is 2.18 bits per heavy atom. The van der Waals surface area contributed by atoms with Gasteiger partial charge in [-0.1, -0.05) is 65.5 Å². The van der Waals surface area contributed by atoms with E-state index in [2.05, 4.69) is 39.8 Å². The second kappa shape index (κ2) is 11.2. The predicted molar refractivity (Wildman–Crippen MR) is 113 cm³/mol. The fourth-order valence-corrected chi connectivity index (χ4v) is 4.24. The Balaban J connectivity index is 2.48. The Hall–Kier alpha value is -1.84. The normalized spacial score (nSPS) is 13.7. The number of rotatable bonds is 13. The molecule has 0 radical (unpaired) electrons. The Kier molecular flexibility index (Phi) is 9.01. The summed E-state index contributed by atoms with van der Waals surface area (Å²) in [6.07, 6.45) is 9.12. The highest BCUT2D eigenvalue weighted by Gasteiger charge is 2.28. The number of imidazole rings is 1. The molecule has 4 nitrogen and oxygen atoms in total. The van der Waals surface area contributed by atoms with Crippen molar-refractivity contribution in [1.29, 1.82) is 0 Å². The van der Waals surface area contributed by atoms with E-state index in [-0.39, 0.29) is 0 Å². The number of aromatic nitrogens is 2. The topological polar surface area (TPSA) is 48.9 Å². The van der Waals surface area contributed by atoms with Crippen LogP contribution < -0.4 is 9.67 Å². The molecular weight excluding hydrogens is 348 g/mol. The second-order valence-electron chi connectivity index (χ2n) is 8.15. The maximum Gasteiger partial charge on any atom is 0.305 e. The zero-order valence-electron chi connectivity index (χ0n) is 18.2. The number of nitrogens with zero attached hydrogens (tertiary/aromatic N) is 2. The highest BCUT2D eigenvalue weighted by atomic mass is 16.4. The van der Waals surface area contributed by atoms with Gasteiger partial charge in [-0.25, -0.2) is 9.13 Å². The third kappa shape index (κ3) is 5.36. The van der Waals surface area contributed by atoms with Crippen LogP contribution in [0, 0.1) is 11.8 Å². The molecule has 2 rings (SSSR count). The first-order valence-electron chi connectivity index (χ1n) is 11.3. The largest absolute Gasteiger partial charge is 0.538 e. The van der Waals surface area contributed by atoms with Gasteiger partial charge in [0.25, 0.3) is 0 Å². The SMILES string of the molecule is CCCCC(CC)Cn1c(C(=O)[O-])[n+](CC(CC)CCCC)c2ccccc21. The number of fused-ring (bicyclic) bond motifs is 1. The number of hydrogen-bond acceptors (Lipinski definition) is 2. The summed E-state index contributed by atoms with van der Waals surface area (Å²) >= 11 is 0. The first-order valence-corrected chi connectivity index (χ1v) is 11.3. The van der Waals surface area contributed by atoms with Gasteiger partial charge in [0.15, 0.2) is 17.0 Å². The van der Waals surface area contributed by atoms with Crippen molar-refractivity contribution in [3.05, 3.63) is 30.1 Å². The molecule has 4 heteroatoms. The summed E-state index contributed by atoms with van der Waals surface area (Å²) in [4.78, 5) is 12.2. The molecule has 0 aliphatic heterocycles. The minimum atomic E-state index is -1.06. The molecule has 1 aromatic carbocycles. The standard InChI is InChI=1S/C24H38N2O2/c1-5-9-13-19(7-3)17-25-21-15-11-12-16-22(21)26(23(25)24(27)28)18-20(8-4)14-10-6-2/h11-12,15-16,19-20H,5-10,13-14,17-18H2,1-4H3. The fraction of sp³-hybridized carbons (Fsp3) is 0.667. The number of carbonyl (C=O) groups is 1. The van der Waals surface area contributed by atoms with Crippen LogP contribution in [-0.2, 0) is 13.1 Å². The van der Waals surface area contributed by atoms with Crippen molar-refractivity contribution < 1.29 is 14.5 Å². The van der Waals surface area contributed by atoms with Gasteiger partial charge in [-0.05, 0) is 49.7 Å². The maximum atomic E-state index is 12.2. The Morgan fingerprint density at radius 1 is 1.00 bits per heavy atom. The van der Waals surface area contributed by atoms with E-state index in [9.17, 15) is 9.90 Å². The zero-order valence-corrected chi connectivity index (χ0v) is 18.2. The number of unbranched alkanes of at least 4 members (excludes halogenated alkanes) is 2. The Bertz CT molecular complexity index is 695. The van der Waals surface area contributed by atoms with Crippen molar-refractivity contribution in [2.75, 3.05) is 0 Å². The van der Waals surface area contributed by atoms with E-state index in [4.69, 9.17) is 0 Å². The highest BCUT2D eigenvalue weighted by molar-refractivity contribution is 5.85. The van der Waals surface area contributed by atoms with Gasteiger partial charge < -0.3 is 9.90 Å². The van der Waals surface area contributed by atoms with Gasteiger partial charge >= 0.3 is 5.82 Å². The number of para-hydroxylation sites is 2. The van der Waals surface area contributed by atoms with Gasteiger partial charge in [0.2, 0.25) is 0 Å². The van der Waals surface area contributed by atoms with Gasteiger partial charge in [0.1, 0.15) is 0 Å². The number of carboxylic acids is 1. The van der Waals surface area contributed by atoms with Crippen LogP contribution in [0.25, 0.3) is 11.0 Å². The summed E-state index contributed by atoms with van der Waals surface area (Å²) in [6, 6.07) is 8.11. The van der Waals surface area contributed by atoms with Gasteiger partial charge in [-0.2, -0.15) is 0 Å². The quantitative estimate of drug-likeness (QED) is 0.468. The molecule has 2 aromatic rings. The molecule has 0 amide bonds. The molecule has 2 atom stereocenters. The van der Waals surface area contributed by atoms with E-state index in [0.717, 1.165) is 49.8 Å². The number of benzene rings is 1. The van der Waals surface area contributed by atoms with Crippen molar-refractivity contribution in [3.8, 4) is 0 Å². The van der Waals surface area contributed by atoms with Crippen LogP contribution in [0.3, 0.4) is 0 Å². The molecule has 1 aromatic heterocycles. The molecule has 156 valence electrons. The van der Waals surface area contributed by atoms with Gasteiger partial charge in [0, 0.05) is 0 Å². The van der Waals surface area contributed by atoms with E-state index in [0.29, 0.717) is 17.7 Å². The number of carboxylic acid groups (broad SMARTS) is 1. The van der Waals surface area contributed by atoms with Gasteiger partial charge in [-0.15, -0.1) is 0 Å². The average molecular weight is 387 g/mol. The summed E-state index contributed by atoms with van der Waals surface area (Å²) in [6.45, 7) is 10.3. The molecule has 0 N–H and O–H groups in total. The smallest absolute Gasteiger partial charge is 0.305 e. The van der Waals surface area contributed by atoms with Gasteiger partial charge in [0.05, 0.1) is 13.1 Å². The van der Waals surface area contributed by atoms with Crippen LogP contribution in [0.4, 0.5) is 0 Å². The minimum Gasteiger partial charge on any atom is -0.538 e. The molecule has 28 heavy (non-hydrogen) atoms. The van der Waals surface area contributed by atoms with E-state index in [1.165, 1.54) is 25.7 Å². The van der Waals surface area contributed by atoms with E-state index in [1.807, 2.05) is 21.3 Å². The van der Waals surface area contributed by atoms with Crippen LogP contribution in [0.1, 0.15) is 89.7 Å². The second-order valence-corrected chi connectivity index (χ2v) is 8.15. The predicted octanol–water partition coefficient (Wildman–Crippen LogP) is 4.73. The number of carbonyl (C=O) groups excluding carboxylic acids is 1. The first-order chi connectivity index (χ1) is 13.6. The molecular formula is C24H38N2O2. The van der Waals surface area contributed by atoms with E-state index in [1.54, 1.807) is 0 Å². The van der Waals surface area contributed by atoms with Crippen LogP contribution in [0.15, 0.2) is 24.3 Å². The molecule has 0 saturated carbocycles. The lowest BCUT2D eigenvalue weighted by atomic mass is 9.99. The van der Waals surface area contributed by atoms with Crippen molar-refractivity contribution >= 4 is 17.0 Å². The molecule has 1 heterocycles. The van der Waals surface area contributed by atoms with Crippen LogP contribution in [0.5, 0.6) is 0 Å². The van der Waals surface area contributed by atoms with Crippen molar-refractivity contribution in [2.24, 2.45) is 11.8 Å². The third-order valence-electron chi connectivity index (χ3n) is 6.13. The summed E-state index contributed by atoms with van der Waals surface area (Å²) in [5.41, 5.74) is 2.03. The molecule has 0 fully saturated rings. The van der Waals surface area contributed by atoms with Crippen LogP contribution in [0.2, 0.25) is 0 Å². The molecule has 2 unspecified atom stereocenters. The van der Waals surface area contributed by atoms with E-state index >= 15 is 0 Å². The van der Waals surface area contributed by atoms with E-state index < -0.39 is 5.97 Å². The highest BCUT2D eigenvalue weighted by Crippen LogP contribution is 2.22. The monoisotopic (exact) mass is 386 g/mol.